The van der Waals surface area contributed by atoms with Gasteiger partial charge in [0.1, 0.15) is 11.6 Å². The van der Waals surface area contributed by atoms with Crippen LogP contribution in [0.3, 0.4) is 0 Å². The van der Waals surface area contributed by atoms with E-state index in [1.807, 2.05) is 0 Å². The van der Waals surface area contributed by atoms with E-state index >= 15 is 0 Å². The highest BCUT2D eigenvalue weighted by atomic mass is 32.2. The van der Waals surface area contributed by atoms with Gasteiger partial charge in [-0.15, -0.1) is 0 Å². The van der Waals surface area contributed by atoms with Gasteiger partial charge in [-0.2, -0.15) is 0 Å². The number of nitrogens with one attached hydrogen (secondary N) is 2. The summed E-state index contributed by atoms with van der Waals surface area (Å²) in [5.74, 6) is -0.278. The highest BCUT2D eigenvalue weighted by molar-refractivity contribution is 7.92. The van der Waals surface area contributed by atoms with Crippen molar-refractivity contribution in [2.75, 3.05) is 11.3 Å². The zero-order valence-corrected chi connectivity index (χ0v) is 17.1. The number of amides is 1. The Morgan fingerprint density at radius 1 is 1.00 bits per heavy atom. The molecule has 3 rings (SSSR count). The molecule has 1 amide bonds. The smallest absolute Gasteiger partial charge is 0.261 e. The van der Waals surface area contributed by atoms with Crippen LogP contribution in [0.2, 0.25) is 0 Å². The van der Waals surface area contributed by atoms with E-state index in [-0.39, 0.29) is 29.8 Å². The molecule has 0 radical (unpaired) electrons. The van der Waals surface area contributed by atoms with Crippen molar-refractivity contribution in [1.82, 2.24) is 5.32 Å². The lowest BCUT2D eigenvalue weighted by Crippen LogP contribution is -2.28. The molecule has 0 atom stereocenters. The molecule has 0 unspecified atom stereocenters. The molecule has 156 valence electrons. The number of aryl methyl sites for hydroxylation is 1. The molecule has 3 aromatic rings. The van der Waals surface area contributed by atoms with Crippen LogP contribution in [0, 0.1) is 12.7 Å². The average Bonchev–Trinajstić information content (AvgIpc) is 2.73. The molecule has 8 heteroatoms. The van der Waals surface area contributed by atoms with E-state index in [2.05, 4.69) is 10.0 Å². The molecule has 0 aliphatic carbocycles. The summed E-state index contributed by atoms with van der Waals surface area (Å²) in [5.41, 5.74) is 1.81. The molecule has 0 heterocycles. The Hall–Kier alpha value is -3.39. The van der Waals surface area contributed by atoms with Crippen molar-refractivity contribution in [3.63, 3.8) is 0 Å². The Bertz CT molecular complexity index is 1120. The molecule has 30 heavy (non-hydrogen) atoms. The average molecular weight is 428 g/mol. The summed E-state index contributed by atoms with van der Waals surface area (Å²) in [5, 5.41) is 2.68. The van der Waals surface area contributed by atoms with Crippen molar-refractivity contribution >= 4 is 21.6 Å². The van der Waals surface area contributed by atoms with Crippen molar-refractivity contribution in [2.45, 2.75) is 18.4 Å². The maximum Gasteiger partial charge on any atom is 0.261 e. The second kappa shape index (κ2) is 9.41. The number of halogens is 1. The third-order valence-corrected chi connectivity index (χ3v) is 5.62. The van der Waals surface area contributed by atoms with Crippen LogP contribution in [0.5, 0.6) is 5.75 Å². The molecular formula is C22H21FN2O4S. The van der Waals surface area contributed by atoms with Gasteiger partial charge in [0.15, 0.2) is 6.61 Å². The van der Waals surface area contributed by atoms with Crippen molar-refractivity contribution in [1.29, 1.82) is 0 Å². The van der Waals surface area contributed by atoms with Gasteiger partial charge in [-0.3, -0.25) is 9.52 Å². The number of sulfonamides is 1. The predicted octanol–water partition coefficient (Wildman–Crippen LogP) is 3.63. The number of hydrogen-bond acceptors (Lipinski definition) is 4. The maximum absolute atomic E-state index is 12.9. The summed E-state index contributed by atoms with van der Waals surface area (Å²) >= 11 is 0. The Morgan fingerprint density at radius 2 is 1.70 bits per heavy atom. The number of carbonyl (C=O) groups excluding carboxylic acids is 1. The summed E-state index contributed by atoms with van der Waals surface area (Å²) in [6.07, 6.45) is 0. The third kappa shape index (κ3) is 5.81. The van der Waals surface area contributed by atoms with Gasteiger partial charge in [-0.25, -0.2) is 12.8 Å². The zero-order valence-electron chi connectivity index (χ0n) is 16.3. The van der Waals surface area contributed by atoms with Gasteiger partial charge in [0.2, 0.25) is 0 Å². The third-order valence-electron chi connectivity index (χ3n) is 4.24. The summed E-state index contributed by atoms with van der Waals surface area (Å²) in [6.45, 7) is 1.73. The fourth-order valence-corrected chi connectivity index (χ4v) is 3.81. The van der Waals surface area contributed by atoms with Gasteiger partial charge in [-0.05, 0) is 60.5 Å². The quantitative estimate of drug-likeness (QED) is 0.574. The number of hydrogen-bond donors (Lipinski definition) is 2. The van der Waals surface area contributed by atoms with Crippen LogP contribution in [0.1, 0.15) is 11.1 Å². The van der Waals surface area contributed by atoms with E-state index in [0.717, 1.165) is 5.56 Å². The van der Waals surface area contributed by atoms with Crippen LogP contribution < -0.4 is 14.8 Å². The summed E-state index contributed by atoms with van der Waals surface area (Å²) in [4.78, 5) is 12.1. The second-order valence-electron chi connectivity index (χ2n) is 6.59. The number of anilines is 1. The number of rotatable bonds is 8. The van der Waals surface area contributed by atoms with Crippen LogP contribution in [-0.2, 0) is 21.4 Å². The van der Waals surface area contributed by atoms with E-state index in [4.69, 9.17) is 4.74 Å². The van der Waals surface area contributed by atoms with Gasteiger partial charge in [0.25, 0.3) is 15.9 Å². The van der Waals surface area contributed by atoms with Gasteiger partial charge in [-0.1, -0.05) is 30.3 Å². The summed E-state index contributed by atoms with van der Waals surface area (Å²) in [7, 11) is -3.74. The first-order valence-corrected chi connectivity index (χ1v) is 10.6. The van der Waals surface area contributed by atoms with E-state index in [0.29, 0.717) is 17.0 Å². The SMILES string of the molecule is Cc1cc(S(=O)(=O)Nc2ccccc2)ccc1OCC(=O)NCc1ccc(F)cc1. The molecule has 0 aliphatic heterocycles. The molecule has 6 nitrogen and oxygen atoms in total. The Kier molecular flexibility index (Phi) is 6.68. The molecule has 0 saturated carbocycles. The van der Waals surface area contributed by atoms with Crippen molar-refractivity contribution in [3.8, 4) is 5.75 Å². The maximum atomic E-state index is 12.9. The molecular weight excluding hydrogens is 407 g/mol. The van der Waals surface area contributed by atoms with E-state index in [9.17, 15) is 17.6 Å². The number of ether oxygens (including phenoxy) is 1. The van der Waals surface area contributed by atoms with E-state index in [1.54, 1.807) is 49.4 Å². The minimum Gasteiger partial charge on any atom is -0.484 e. The lowest BCUT2D eigenvalue weighted by atomic mass is 10.2. The molecule has 0 bridgehead atoms. The second-order valence-corrected chi connectivity index (χ2v) is 8.27. The molecule has 2 N–H and O–H groups in total. The van der Waals surface area contributed by atoms with Gasteiger partial charge in [0, 0.05) is 12.2 Å². The van der Waals surface area contributed by atoms with Crippen LogP contribution in [-0.4, -0.2) is 20.9 Å². The van der Waals surface area contributed by atoms with E-state index in [1.165, 1.54) is 30.3 Å². The van der Waals surface area contributed by atoms with Crippen molar-refractivity contribution < 1.29 is 22.3 Å². The highest BCUT2D eigenvalue weighted by Crippen LogP contribution is 2.23. The monoisotopic (exact) mass is 428 g/mol. The number of para-hydroxylation sites is 1. The molecule has 0 spiro atoms. The molecule has 3 aromatic carbocycles. The normalized spacial score (nSPS) is 11.0. The fourth-order valence-electron chi connectivity index (χ4n) is 2.67. The first kappa shape index (κ1) is 21.3. The fraction of sp³-hybridized carbons (Fsp3) is 0.136. The summed E-state index contributed by atoms with van der Waals surface area (Å²) in [6, 6.07) is 18.8. The standard InChI is InChI=1S/C22H21FN2O4S/c1-16-13-20(30(27,28)25-19-5-3-2-4-6-19)11-12-21(16)29-15-22(26)24-14-17-7-9-18(23)10-8-17/h2-13,25H,14-15H2,1H3,(H,24,26). The number of benzene rings is 3. The first-order valence-electron chi connectivity index (χ1n) is 9.16. The minimum absolute atomic E-state index is 0.0944. The Balaban J connectivity index is 1.57. The minimum atomic E-state index is -3.74. The molecule has 0 aromatic heterocycles. The van der Waals surface area contributed by atoms with Gasteiger partial charge in [0.05, 0.1) is 4.90 Å². The van der Waals surface area contributed by atoms with E-state index < -0.39 is 10.0 Å². The topological polar surface area (TPSA) is 84.5 Å². The van der Waals surface area contributed by atoms with Crippen molar-refractivity contribution in [3.05, 3.63) is 89.7 Å². The largest absolute Gasteiger partial charge is 0.484 e. The summed E-state index contributed by atoms with van der Waals surface area (Å²) < 4.78 is 46.0. The first-order chi connectivity index (χ1) is 14.3. The molecule has 0 aliphatic rings. The van der Waals surface area contributed by atoms with Gasteiger partial charge < -0.3 is 10.1 Å². The van der Waals surface area contributed by atoms with Crippen LogP contribution in [0.15, 0.2) is 77.7 Å². The predicted molar refractivity (Wildman–Crippen MR) is 112 cm³/mol. The zero-order chi connectivity index (χ0) is 21.6. The highest BCUT2D eigenvalue weighted by Gasteiger charge is 2.16. The van der Waals surface area contributed by atoms with Crippen LogP contribution in [0.4, 0.5) is 10.1 Å². The van der Waals surface area contributed by atoms with Gasteiger partial charge >= 0.3 is 0 Å². The molecule has 0 saturated heterocycles. The molecule has 0 fully saturated rings. The Labute approximate surface area is 174 Å². The van der Waals surface area contributed by atoms with Crippen molar-refractivity contribution in [2.24, 2.45) is 0 Å². The van der Waals surface area contributed by atoms with Crippen LogP contribution >= 0.6 is 0 Å². The Morgan fingerprint density at radius 3 is 2.37 bits per heavy atom. The number of carbonyl (C=O) groups is 1. The lowest BCUT2D eigenvalue weighted by Gasteiger charge is -2.12. The van der Waals surface area contributed by atoms with Crippen LogP contribution in [0.25, 0.3) is 0 Å². The lowest BCUT2D eigenvalue weighted by molar-refractivity contribution is -0.123.